The summed E-state index contributed by atoms with van der Waals surface area (Å²) in [5.74, 6) is -0.951. The Labute approximate surface area is 432 Å². The molecule has 0 saturated heterocycles. The van der Waals surface area contributed by atoms with E-state index in [0.717, 1.165) is 116 Å². The first-order valence-corrected chi connectivity index (χ1v) is 29.2. The molecule has 0 amide bonds. The van der Waals surface area contributed by atoms with Gasteiger partial charge in [-0.25, -0.2) is 0 Å². The van der Waals surface area contributed by atoms with Gasteiger partial charge in [0.15, 0.2) is 6.10 Å². The first-order chi connectivity index (χ1) is 34.5. The summed E-state index contributed by atoms with van der Waals surface area (Å²) in [6, 6.07) is 0. The van der Waals surface area contributed by atoms with Crippen molar-refractivity contribution in [1.29, 1.82) is 0 Å². The van der Waals surface area contributed by atoms with E-state index in [1.54, 1.807) is 0 Å². The SMILES string of the molecule is CC/C=C\C/C=C\C/C=C\C/C=C\C/C=C\C/C=C\CCCCC(=O)OCC(COC(=O)CCCCCCC/C=C\CCC)OC(=O)CCCCCCCCCCC/C=C\CCCCCCCCCC. The molecule has 0 aromatic heterocycles. The number of ether oxygens (including phenoxy) is 3. The molecule has 0 fully saturated rings. The Morgan fingerprint density at radius 1 is 0.300 bits per heavy atom. The number of carbonyl (C=O) groups excluding carboxylic acids is 3. The van der Waals surface area contributed by atoms with Crippen LogP contribution in [0.2, 0.25) is 0 Å². The maximum absolute atomic E-state index is 12.9. The van der Waals surface area contributed by atoms with Crippen molar-refractivity contribution in [3.63, 3.8) is 0 Å². The minimum absolute atomic E-state index is 0.0970. The lowest BCUT2D eigenvalue weighted by Gasteiger charge is -2.18. The van der Waals surface area contributed by atoms with E-state index < -0.39 is 6.10 Å². The number of carbonyl (C=O) groups is 3. The van der Waals surface area contributed by atoms with Crippen molar-refractivity contribution in [3.8, 4) is 0 Å². The lowest BCUT2D eigenvalue weighted by molar-refractivity contribution is -0.167. The first kappa shape index (κ1) is 66.3. The molecule has 6 heteroatoms. The van der Waals surface area contributed by atoms with Crippen molar-refractivity contribution in [2.75, 3.05) is 13.2 Å². The minimum atomic E-state index is -0.801. The van der Waals surface area contributed by atoms with Gasteiger partial charge in [0.1, 0.15) is 13.2 Å². The monoisotopic (exact) mass is 973 g/mol. The van der Waals surface area contributed by atoms with Crippen molar-refractivity contribution in [1.82, 2.24) is 0 Å². The molecule has 0 aromatic carbocycles. The second-order valence-corrected chi connectivity index (χ2v) is 19.2. The average Bonchev–Trinajstić information content (AvgIpc) is 3.36. The van der Waals surface area contributed by atoms with Crippen LogP contribution in [0.5, 0.6) is 0 Å². The second-order valence-electron chi connectivity index (χ2n) is 19.2. The number of rotatable bonds is 52. The summed E-state index contributed by atoms with van der Waals surface area (Å²) in [6.07, 6.45) is 77.0. The number of hydrogen-bond acceptors (Lipinski definition) is 6. The topological polar surface area (TPSA) is 78.9 Å². The maximum Gasteiger partial charge on any atom is 0.306 e. The summed E-state index contributed by atoms with van der Waals surface area (Å²) in [5, 5.41) is 0. The molecule has 1 atom stereocenters. The van der Waals surface area contributed by atoms with Gasteiger partial charge in [0.25, 0.3) is 0 Å². The van der Waals surface area contributed by atoms with E-state index in [1.807, 2.05) is 0 Å². The fourth-order valence-electron chi connectivity index (χ4n) is 7.91. The molecule has 0 aliphatic rings. The van der Waals surface area contributed by atoms with Gasteiger partial charge < -0.3 is 14.2 Å². The zero-order valence-corrected chi connectivity index (χ0v) is 45.8. The van der Waals surface area contributed by atoms with Crippen molar-refractivity contribution >= 4 is 17.9 Å². The third-order valence-electron chi connectivity index (χ3n) is 12.3. The van der Waals surface area contributed by atoms with Crippen molar-refractivity contribution < 1.29 is 28.6 Å². The minimum Gasteiger partial charge on any atom is -0.462 e. The largest absolute Gasteiger partial charge is 0.462 e. The van der Waals surface area contributed by atoms with E-state index in [-0.39, 0.29) is 31.1 Å². The van der Waals surface area contributed by atoms with E-state index in [4.69, 9.17) is 14.2 Å². The molecule has 0 aliphatic heterocycles. The Bertz CT molecular complexity index is 1400. The quantitative estimate of drug-likeness (QED) is 0.0262. The van der Waals surface area contributed by atoms with Crippen LogP contribution in [0, 0.1) is 0 Å². The third kappa shape index (κ3) is 55.3. The van der Waals surface area contributed by atoms with Crippen LogP contribution in [-0.2, 0) is 28.6 Å². The fraction of sp³-hybridized carbons (Fsp3) is 0.703. The molecule has 70 heavy (non-hydrogen) atoms. The van der Waals surface area contributed by atoms with Crippen LogP contribution >= 0.6 is 0 Å². The Kier molecular flexibility index (Phi) is 54.9. The fourth-order valence-corrected chi connectivity index (χ4v) is 7.91. The van der Waals surface area contributed by atoms with Crippen LogP contribution in [0.25, 0.3) is 0 Å². The molecular weight excluding hydrogens is 865 g/mol. The molecule has 400 valence electrons. The van der Waals surface area contributed by atoms with Crippen LogP contribution in [0.1, 0.15) is 271 Å². The van der Waals surface area contributed by atoms with Crippen molar-refractivity contribution in [2.45, 2.75) is 277 Å². The van der Waals surface area contributed by atoms with E-state index in [1.165, 1.54) is 116 Å². The van der Waals surface area contributed by atoms with E-state index in [9.17, 15) is 14.4 Å². The van der Waals surface area contributed by atoms with Crippen LogP contribution in [0.3, 0.4) is 0 Å². The Morgan fingerprint density at radius 2 is 0.586 bits per heavy atom. The van der Waals surface area contributed by atoms with Gasteiger partial charge in [-0.3, -0.25) is 14.4 Å². The number of unbranched alkanes of at least 4 members (excludes halogenated alkanes) is 25. The number of allylic oxidation sites excluding steroid dienone is 16. The van der Waals surface area contributed by atoms with Crippen LogP contribution in [0.4, 0.5) is 0 Å². The molecule has 0 aliphatic carbocycles. The van der Waals surface area contributed by atoms with Gasteiger partial charge in [-0.05, 0) is 116 Å². The molecule has 0 saturated carbocycles. The molecule has 0 rings (SSSR count). The van der Waals surface area contributed by atoms with Crippen LogP contribution in [0.15, 0.2) is 97.2 Å². The van der Waals surface area contributed by atoms with Crippen LogP contribution in [-0.4, -0.2) is 37.2 Å². The van der Waals surface area contributed by atoms with Gasteiger partial charge in [0, 0.05) is 19.3 Å². The molecule has 0 spiro atoms. The molecule has 6 nitrogen and oxygen atoms in total. The summed E-state index contributed by atoms with van der Waals surface area (Å²) >= 11 is 0. The van der Waals surface area contributed by atoms with Gasteiger partial charge in [0.2, 0.25) is 0 Å². The molecule has 0 bridgehead atoms. The number of esters is 3. The number of hydrogen-bond donors (Lipinski definition) is 0. The maximum atomic E-state index is 12.9. The highest BCUT2D eigenvalue weighted by atomic mass is 16.6. The lowest BCUT2D eigenvalue weighted by Crippen LogP contribution is -2.30. The molecule has 0 radical (unpaired) electrons. The highest BCUT2D eigenvalue weighted by Gasteiger charge is 2.19. The second kappa shape index (κ2) is 57.9. The summed E-state index contributed by atoms with van der Waals surface area (Å²) in [5.41, 5.74) is 0. The normalized spacial score (nSPS) is 12.8. The van der Waals surface area contributed by atoms with E-state index in [2.05, 4.69) is 118 Å². The first-order valence-electron chi connectivity index (χ1n) is 29.2. The van der Waals surface area contributed by atoms with Gasteiger partial charge in [-0.15, -0.1) is 0 Å². The van der Waals surface area contributed by atoms with Crippen molar-refractivity contribution in [2.24, 2.45) is 0 Å². The molecule has 1 unspecified atom stereocenters. The molecule has 0 aromatic rings. The lowest BCUT2D eigenvalue weighted by atomic mass is 10.1. The Balaban J connectivity index is 4.38. The molecule has 0 heterocycles. The van der Waals surface area contributed by atoms with Gasteiger partial charge in [0.05, 0.1) is 0 Å². The summed E-state index contributed by atoms with van der Waals surface area (Å²) in [6.45, 7) is 6.43. The molecule has 0 N–H and O–H groups in total. The molecular formula is C64H108O6. The standard InChI is InChI=1S/C64H108O6/c1-4-7-10-13-16-19-22-24-26-28-30-32-34-36-38-40-42-45-48-51-54-57-63(66)69-60-61(59-68-62(65)56-53-50-47-44-21-18-15-12-9-6-3)70-64(67)58-55-52-49-46-43-41-39-37-35-33-31-29-27-25-23-20-17-14-11-8-5-2/h7,10,12,15-16,19,24,26,29-32,36,38,42,45,61H,4-6,8-9,11,13-14,17-18,20-23,25,27-28,33-35,37,39-41,43-44,46-60H2,1-3H3/b10-7-,15-12-,19-16-,26-24-,31-29-,32-30-,38-36-,45-42-. The predicted molar refractivity (Wildman–Crippen MR) is 302 cm³/mol. The van der Waals surface area contributed by atoms with Gasteiger partial charge in [-0.1, -0.05) is 234 Å². The van der Waals surface area contributed by atoms with E-state index >= 15 is 0 Å². The zero-order chi connectivity index (χ0) is 50.7. The van der Waals surface area contributed by atoms with Gasteiger partial charge in [-0.2, -0.15) is 0 Å². The van der Waals surface area contributed by atoms with Crippen LogP contribution < -0.4 is 0 Å². The van der Waals surface area contributed by atoms with Crippen molar-refractivity contribution in [3.05, 3.63) is 97.2 Å². The van der Waals surface area contributed by atoms with Gasteiger partial charge >= 0.3 is 17.9 Å². The predicted octanol–water partition coefficient (Wildman–Crippen LogP) is 19.7. The highest BCUT2D eigenvalue weighted by molar-refractivity contribution is 5.71. The van der Waals surface area contributed by atoms with E-state index in [0.29, 0.717) is 19.3 Å². The third-order valence-corrected chi connectivity index (χ3v) is 12.3. The average molecular weight is 974 g/mol. The smallest absolute Gasteiger partial charge is 0.306 e. The zero-order valence-electron chi connectivity index (χ0n) is 45.8. The summed E-state index contributed by atoms with van der Waals surface area (Å²) < 4.78 is 16.8. The Hall–Kier alpha value is -3.67. The Morgan fingerprint density at radius 3 is 0.971 bits per heavy atom. The summed E-state index contributed by atoms with van der Waals surface area (Å²) in [7, 11) is 0. The summed E-state index contributed by atoms with van der Waals surface area (Å²) in [4.78, 5) is 38.1. The highest BCUT2D eigenvalue weighted by Crippen LogP contribution is 2.15.